The van der Waals surface area contributed by atoms with Crippen LogP contribution in [0.15, 0.2) is 78.9 Å². The summed E-state index contributed by atoms with van der Waals surface area (Å²) in [4.78, 5) is 25.3. The van der Waals surface area contributed by atoms with Gasteiger partial charge < -0.3 is 10.6 Å². The smallest absolute Gasteiger partial charge is 0.253 e. The van der Waals surface area contributed by atoms with E-state index >= 15 is 0 Å². The summed E-state index contributed by atoms with van der Waals surface area (Å²) in [6, 6.07) is 22.6. The van der Waals surface area contributed by atoms with Crippen LogP contribution in [0.4, 0.5) is 5.69 Å². The molecule has 0 aliphatic heterocycles. The van der Waals surface area contributed by atoms with Crippen molar-refractivity contribution in [1.29, 1.82) is 0 Å². The molecule has 28 heavy (non-hydrogen) atoms. The van der Waals surface area contributed by atoms with Gasteiger partial charge in [-0.1, -0.05) is 77.8 Å². The summed E-state index contributed by atoms with van der Waals surface area (Å²) < 4.78 is 0. The monoisotopic (exact) mass is 412 g/mol. The molecule has 1 atom stereocenters. The van der Waals surface area contributed by atoms with Crippen molar-refractivity contribution in [2.45, 2.75) is 12.5 Å². The van der Waals surface area contributed by atoms with E-state index in [0.717, 1.165) is 5.56 Å². The van der Waals surface area contributed by atoms with Crippen molar-refractivity contribution in [1.82, 2.24) is 5.32 Å². The van der Waals surface area contributed by atoms with Gasteiger partial charge in [0.05, 0.1) is 33.8 Å². The fourth-order valence-electron chi connectivity index (χ4n) is 2.77. The standard InChI is InChI=1S/C22H18Cl2N2O2/c23-17-11-5-4-10-16(17)22(28)26-20(15-8-2-1-3-9-15)14-21(27)25-19-13-7-6-12-18(19)24/h1-13,20H,14H2,(H,25,27)(H,26,28)/t20-/m0/s1. The Labute approximate surface area is 173 Å². The number of carbonyl (C=O) groups excluding carboxylic acids is 2. The Hall–Kier alpha value is -2.82. The third-order valence-electron chi connectivity index (χ3n) is 4.16. The Morgan fingerprint density at radius 1 is 0.786 bits per heavy atom. The largest absolute Gasteiger partial charge is 0.345 e. The van der Waals surface area contributed by atoms with Gasteiger partial charge in [0.1, 0.15) is 0 Å². The van der Waals surface area contributed by atoms with E-state index in [1.807, 2.05) is 30.3 Å². The average molecular weight is 413 g/mol. The molecule has 3 aromatic carbocycles. The molecular weight excluding hydrogens is 395 g/mol. The zero-order chi connectivity index (χ0) is 19.9. The first kappa shape index (κ1) is 19.9. The average Bonchev–Trinajstić information content (AvgIpc) is 2.70. The highest BCUT2D eigenvalue weighted by Crippen LogP contribution is 2.23. The molecule has 0 aliphatic rings. The van der Waals surface area contributed by atoms with Gasteiger partial charge >= 0.3 is 0 Å². The molecule has 0 spiro atoms. The predicted octanol–water partition coefficient (Wildman–Crippen LogP) is 5.49. The molecule has 3 rings (SSSR count). The van der Waals surface area contributed by atoms with E-state index < -0.39 is 6.04 Å². The number of amides is 2. The number of anilines is 1. The van der Waals surface area contributed by atoms with Crippen LogP contribution < -0.4 is 10.6 Å². The zero-order valence-electron chi connectivity index (χ0n) is 14.9. The topological polar surface area (TPSA) is 58.2 Å². The van der Waals surface area contributed by atoms with Crippen molar-refractivity contribution in [2.24, 2.45) is 0 Å². The number of para-hydroxylation sites is 1. The lowest BCUT2D eigenvalue weighted by Crippen LogP contribution is -2.31. The highest BCUT2D eigenvalue weighted by molar-refractivity contribution is 6.34. The van der Waals surface area contributed by atoms with Crippen LogP contribution in [0.3, 0.4) is 0 Å². The predicted molar refractivity (Wildman–Crippen MR) is 113 cm³/mol. The van der Waals surface area contributed by atoms with Gasteiger partial charge in [-0.3, -0.25) is 9.59 Å². The molecule has 2 amide bonds. The summed E-state index contributed by atoms with van der Waals surface area (Å²) in [6.45, 7) is 0. The van der Waals surface area contributed by atoms with E-state index in [1.165, 1.54) is 0 Å². The van der Waals surface area contributed by atoms with E-state index in [-0.39, 0.29) is 18.2 Å². The normalized spacial score (nSPS) is 11.5. The third-order valence-corrected chi connectivity index (χ3v) is 4.82. The second kappa shape index (κ2) is 9.40. The molecule has 3 aromatic rings. The second-order valence-corrected chi connectivity index (χ2v) is 6.96. The Kier molecular flexibility index (Phi) is 6.69. The number of halogens is 2. The number of rotatable bonds is 6. The van der Waals surface area contributed by atoms with Crippen LogP contribution >= 0.6 is 23.2 Å². The molecule has 0 unspecified atom stereocenters. The number of hydrogen-bond acceptors (Lipinski definition) is 2. The number of benzene rings is 3. The van der Waals surface area contributed by atoms with Crippen LogP contribution in [-0.4, -0.2) is 11.8 Å². The molecule has 0 bridgehead atoms. The number of carbonyl (C=O) groups is 2. The highest BCUT2D eigenvalue weighted by atomic mass is 35.5. The van der Waals surface area contributed by atoms with Gasteiger partial charge in [0.15, 0.2) is 0 Å². The lowest BCUT2D eigenvalue weighted by molar-refractivity contribution is -0.116. The molecule has 2 N–H and O–H groups in total. The fraction of sp³-hybridized carbons (Fsp3) is 0.0909. The molecule has 142 valence electrons. The first-order valence-corrected chi connectivity index (χ1v) is 9.45. The SMILES string of the molecule is O=C(C[C@H](NC(=O)c1ccccc1Cl)c1ccccc1)Nc1ccccc1Cl. The Morgan fingerprint density at radius 2 is 1.39 bits per heavy atom. The van der Waals surface area contributed by atoms with Crippen LogP contribution in [0.5, 0.6) is 0 Å². The first-order chi connectivity index (χ1) is 13.5. The summed E-state index contributed by atoms with van der Waals surface area (Å²) in [5.41, 5.74) is 1.70. The summed E-state index contributed by atoms with van der Waals surface area (Å²) in [7, 11) is 0. The molecule has 0 saturated heterocycles. The summed E-state index contributed by atoms with van der Waals surface area (Å²) in [5, 5.41) is 6.50. The van der Waals surface area contributed by atoms with Gasteiger partial charge in [0, 0.05) is 0 Å². The maximum absolute atomic E-state index is 12.7. The minimum atomic E-state index is -0.521. The molecule has 0 radical (unpaired) electrons. The molecule has 0 fully saturated rings. The third kappa shape index (κ3) is 5.12. The van der Waals surface area contributed by atoms with Crippen LogP contribution in [0.1, 0.15) is 28.4 Å². The second-order valence-electron chi connectivity index (χ2n) is 6.15. The molecule has 6 heteroatoms. The minimum absolute atomic E-state index is 0.0471. The van der Waals surface area contributed by atoms with Crippen LogP contribution in [0, 0.1) is 0 Å². The van der Waals surface area contributed by atoms with E-state index in [1.54, 1.807) is 48.5 Å². The summed E-state index contributed by atoms with van der Waals surface area (Å²) in [6.07, 6.45) is 0.0471. The molecule has 0 aliphatic carbocycles. The van der Waals surface area contributed by atoms with Gasteiger partial charge in [0.25, 0.3) is 5.91 Å². The Morgan fingerprint density at radius 3 is 2.07 bits per heavy atom. The lowest BCUT2D eigenvalue weighted by atomic mass is 10.0. The molecule has 0 aromatic heterocycles. The van der Waals surface area contributed by atoms with Crippen molar-refractivity contribution in [3.05, 3.63) is 100 Å². The van der Waals surface area contributed by atoms with Gasteiger partial charge in [-0.05, 0) is 29.8 Å². The maximum atomic E-state index is 12.7. The Balaban J connectivity index is 1.78. The van der Waals surface area contributed by atoms with Crippen molar-refractivity contribution >= 4 is 40.7 Å². The maximum Gasteiger partial charge on any atom is 0.253 e. The highest BCUT2D eigenvalue weighted by Gasteiger charge is 2.20. The van der Waals surface area contributed by atoms with Gasteiger partial charge in [-0.2, -0.15) is 0 Å². The molecule has 4 nitrogen and oxygen atoms in total. The summed E-state index contributed by atoms with van der Waals surface area (Å²) in [5.74, 6) is -0.605. The molecular formula is C22H18Cl2N2O2. The molecule has 0 heterocycles. The van der Waals surface area contributed by atoms with Crippen molar-refractivity contribution < 1.29 is 9.59 Å². The minimum Gasteiger partial charge on any atom is -0.345 e. The van der Waals surface area contributed by atoms with Crippen LogP contribution in [0.25, 0.3) is 0 Å². The zero-order valence-corrected chi connectivity index (χ0v) is 16.4. The number of nitrogens with one attached hydrogen (secondary N) is 2. The first-order valence-electron chi connectivity index (χ1n) is 8.69. The van der Waals surface area contributed by atoms with Gasteiger partial charge in [-0.15, -0.1) is 0 Å². The van der Waals surface area contributed by atoms with Crippen LogP contribution in [-0.2, 0) is 4.79 Å². The quantitative estimate of drug-likeness (QED) is 0.561. The van der Waals surface area contributed by atoms with E-state index in [2.05, 4.69) is 10.6 Å². The van der Waals surface area contributed by atoms with Gasteiger partial charge in [-0.25, -0.2) is 0 Å². The van der Waals surface area contributed by atoms with Crippen molar-refractivity contribution in [2.75, 3.05) is 5.32 Å². The van der Waals surface area contributed by atoms with Crippen molar-refractivity contribution in [3.8, 4) is 0 Å². The number of hydrogen-bond donors (Lipinski definition) is 2. The van der Waals surface area contributed by atoms with Crippen molar-refractivity contribution in [3.63, 3.8) is 0 Å². The van der Waals surface area contributed by atoms with Crippen LogP contribution in [0.2, 0.25) is 10.0 Å². The molecule has 0 saturated carbocycles. The van der Waals surface area contributed by atoms with E-state index in [9.17, 15) is 9.59 Å². The lowest BCUT2D eigenvalue weighted by Gasteiger charge is -2.19. The van der Waals surface area contributed by atoms with Gasteiger partial charge in [0.2, 0.25) is 5.91 Å². The summed E-state index contributed by atoms with van der Waals surface area (Å²) >= 11 is 12.2. The Bertz CT molecular complexity index is 977. The fourth-order valence-corrected chi connectivity index (χ4v) is 3.17. The van der Waals surface area contributed by atoms with E-state index in [0.29, 0.717) is 21.3 Å². The van der Waals surface area contributed by atoms with E-state index in [4.69, 9.17) is 23.2 Å².